The summed E-state index contributed by atoms with van der Waals surface area (Å²) in [7, 11) is 3.37. The van der Waals surface area contributed by atoms with Gasteiger partial charge in [-0.2, -0.15) is 0 Å². The Labute approximate surface area is 122 Å². The lowest BCUT2D eigenvalue weighted by atomic mass is 10.1. The number of allylic oxidation sites excluding steroid dienone is 1. The Kier molecular flexibility index (Phi) is 4.94. The van der Waals surface area contributed by atoms with Gasteiger partial charge in [-0.25, -0.2) is 0 Å². The van der Waals surface area contributed by atoms with Crippen LogP contribution in [0.5, 0.6) is 11.5 Å². The summed E-state index contributed by atoms with van der Waals surface area (Å²) < 4.78 is 10.8. The molecule has 1 aliphatic rings. The first-order chi connectivity index (χ1) is 9.73. The van der Waals surface area contributed by atoms with Gasteiger partial charge in [-0.05, 0) is 42.2 Å². The normalized spacial score (nSPS) is 12.9. The number of methoxy groups -OCH3 is 2. The van der Waals surface area contributed by atoms with Gasteiger partial charge in [0, 0.05) is 25.2 Å². The zero-order chi connectivity index (χ0) is 14.5. The summed E-state index contributed by atoms with van der Waals surface area (Å²) >= 11 is 0. The summed E-state index contributed by atoms with van der Waals surface area (Å²) in [6.07, 6.45) is 5.65. The average Bonchev–Trinajstić information content (AvgIpc) is 2.88. The molecule has 1 aromatic carbocycles. The Balaban J connectivity index is 2.25. The van der Waals surface area contributed by atoms with Crippen LogP contribution in [0.1, 0.15) is 37.8 Å². The lowest BCUT2D eigenvalue weighted by Crippen LogP contribution is -2.24. The van der Waals surface area contributed by atoms with E-state index in [2.05, 4.69) is 37.0 Å². The van der Waals surface area contributed by atoms with E-state index in [1.807, 2.05) is 0 Å². The second kappa shape index (κ2) is 6.69. The van der Waals surface area contributed by atoms with Crippen LogP contribution in [-0.4, -0.2) is 32.2 Å². The molecule has 0 unspecified atom stereocenters. The lowest BCUT2D eigenvalue weighted by molar-refractivity contribution is 0.341. The third kappa shape index (κ3) is 2.92. The Morgan fingerprint density at radius 3 is 2.15 bits per heavy atom. The van der Waals surface area contributed by atoms with Gasteiger partial charge < -0.3 is 14.4 Å². The first-order valence-electron chi connectivity index (χ1n) is 7.43. The second-order valence-electron chi connectivity index (χ2n) is 5.21. The van der Waals surface area contributed by atoms with E-state index in [1.165, 1.54) is 29.7 Å². The maximum Gasteiger partial charge on any atom is 0.161 e. The van der Waals surface area contributed by atoms with E-state index in [1.54, 1.807) is 14.2 Å². The molecule has 2 rings (SSSR count). The molecule has 20 heavy (non-hydrogen) atoms. The van der Waals surface area contributed by atoms with Gasteiger partial charge >= 0.3 is 0 Å². The molecule has 1 aliphatic carbocycles. The van der Waals surface area contributed by atoms with Crippen LogP contribution in [0.4, 0.5) is 0 Å². The monoisotopic (exact) mass is 275 g/mol. The molecule has 0 radical (unpaired) electrons. The predicted molar refractivity (Wildman–Crippen MR) is 83.4 cm³/mol. The molecule has 0 saturated carbocycles. The van der Waals surface area contributed by atoms with Crippen LogP contribution < -0.4 is 9.47 Å². The topological polar surface area (TPSA) is 21.7 Å². The summed E-state index contributed by atoms with van der Waals surface area (Å²) in [5.74, 6) is 1.62. The minimum absolute atomic E-state index is 0.807. The fourth-order valence-electron chi connectivity index (χ4n) is 2.79. The minimum Gasteiger partial charge on any atom is -0.493 e. The smallest absolute Gasteiger partial charge is 0.161 e. The number of fused-ring (bicyclic) bond motifs is 1. The average molecular weight is 275 g/mol. The van der Waals surface area contributed by atoms with Crippen LogP contribution in [0.25, 0.3) is 6.08 Å². The van der Waals surface area contributed by atoms with Gasteiger partial charge in [-0.15, -0.1) is 0 Å². The predicted octanol–water partition coefficient (Wildman–Crippen LogP) is 3.72. The number of rotatable bonds is 7. The van der Waals surface area contributed by atoms with Crippen molar-refractivity contribution in [2.24, 2.45) is 0 Å². The standard InChI is InChI=1S/C17H25NO2/c1-5-7-18(8-6-2)15-9-13-11-16(19-3)17(20-4)12-14(13)10-15/h9,11-12H,5-8,10H2,1-4H3. The van der Waals surface area contributed by atoms with Gasteiger partial charge in [-0.1, -0.05) is 13.8 Å². The summed E-state index contributed by atoms with van der Waals surface area (Å²) in [5, 5.41) is 0. The van der Waals surface area contributed by atoms with Crippen molar-refractivity contribution in [1.82, 2.24) is 4.90 Å². The number of hydrogen-bond donors (Lipinski definition) is 0. The van der Waals surface area contributed by atoms with E-state index < -0.39 is 0 Å². The zero-order valence-corrected chi connectivity index (χ0v) is 13.0. The van der Waals surface area contributed by atoms with Gasteiger partial charge in [-0.3, -0.25) is 0 Å². The molecule has 110 valence electrons. The molecule has 3 heteroatoms. The van der Waals surface area contributed by atoms with Crippen LogP contribution in [0, 0.1) is 0 Å². The summed E-state index contributed by atoms with van der Waals surface area (Å²) in [4.78, 5) is 2.50. The highest BCUT2D eigenvalue weighted by atomic mass is 16.5. The van der Waals surface area contributed by atoms with Crippen molar-refractivity contribution in [3.8, 4) is 11.5 Å². The molecule has 0 fully saturated rings. The summed E-state index contributed by atoms with van der Waals surface area (Å²) in [6, 6.07) is 4.19. The molecule has 0 saturated heterocycles. The molecule has 0 bridgehead atoms. The van der Waals surface area contributed by atoms with Gasteiger partial charge in [0.05, 0.1) is 14.2 Å². The van der Waals surface area contributed by atoms with Crippen molar-refractivity contribution in [2.75, 3.05) is 27.3 Å². The van der Waals surface area contributed by atoms with E-state index in [-0.39, 0.29) is 0 Å². The van der Waals surface area contributed by atoms with Gasteiger partial charge in [0.15, 0.2) is 11.5 Å². The number of nitrogens with zero attached hydrogens (tertiary/aromatic N) is 1. The lowest BCUT2D eigenvalue weighted by Gasteiger charge is -2.24. The highest BCUT2D eigenvalue weighted by Gasteiger charge is 2.20. The quantitative estimate of drug-likeness (QED) is 0.757. The molecular weight excluding hydrogens is 250 g/mol. The molecule has 0 aromatic heterocycles. The second-order valence-corrected chi connectivity index (χ2v) is 5.21. The maximum absolute atomic E-state index is 5.39. The maximum atomic E-state index is 5.39. The van der Waals surface area contributed by atoms with E-state index in [4.69, 9.17) is 9.47 Å². The first-order valence-corrected chi connectivity index (χ1v) is 7.43. The van der Waals surface area contributed by atoms with Crippen molar-refractivity contribution in [2.45, 2.75) is 33.1 Å². The fourth-order valence-corrected chi connectivity index (χ4v) is 2.79. The Hall–Kier alpha value is -1.64. The van der Waals surface area contributed by atoms with E-state index in [0.717, 1.165) is 31.0 Å². The van der Waals surface area contributed by atoms with Crippen LogP contribution in [0.15, 0.2) is 17.8 Å². The first kappa shape index (κ1) is 14.8. The molecule has 0 heterocycles. The van der Waals surface area contributed by atoms with E-state index in [9.17, 15) is 0 Å². The van der Waals surface area contributed by atoms with Crippen LogP contribution >= 0.6 is 0 Å². The molecule has 1 aromatic rings. The molecule has 0 spiro atoms. The van der Waals surface area contributed by atoms with Crippen molar-refractivity contribution in [3.63, 3.8) is 0 Å². The Morgan fingerprint density at radius 1 is 1.00 bits per heavy atom. The minimum atomic E-state index is 0.807. The van der Waals surface area contributed by atoms with Crippen molar-refractivity contribution in [1.29, 1.82) is 0 Å². The van der Waals surface area contributed by atoms with Crippen molar-refractivity contribution in [3.05, 3.63) is 29.0 Å². The Morgan fingerprint density at radius 2 is 1.60 bits per heavy atom. The molecule has 3 nitrogen and oxygen atoms in total. The van der Waals surface area contributed by atoms with Crippen LogP contribution in [-0.2, 0) is 6.42 Å². The van der Waals surface area contributed by atoms with E-state index in [0.29, 0.717) is 0 Å². The zero-order valence-electron chi connectivity index (χ0n) is 13.0. The molecule has 0 aliphatic heterocycles. The van der Waals surface area contributed by atoms with Crippen LogP contribution in [0.3, 0.4) is 0 Å². The van der Waals surface area contributed by atoms with Crippen molar-refractivity contribution >= 4 is 6.08 Å². The molecule has 0 N–H and O–H groups in total. The number of benzene rings is 1. The van der Waals surface area contributed by atoms with Gasteiger partial charge in [0.1, 0.15) is 0 Å². The fraction of sp³-hybridized carbons (Fsp3) is 0.529. The molecule has 0 atom stereocenters. The van der Waals surface area contributed by atoms with Crippen molar-refractivity contribution < 1.29 is 9.47 Å². The van der Waals surface area contributed by atoms with Gasteiger partial charge in [0.25, 0.3) is 0 Å². The van der Waals surface area contributed by atoms with E-state index >= 15 is 0 Å². The third-order valence-electron chi connectivity index (χ3n) is 3.73. The Bertz CT molecular complexity index is 488. The molecule has 0 amide bonds. The number of ether oxygens (including phenoxy) is 2. The highest BCUT2D eigenvalue weighted by molar-refractivity contribution is 5.67. The highest BCUT2D eigenvalue weighted by Crippen LogP contribution is 2.36. The number of hydrogen-bond acceptors (Lipinski definition) is 3. The SMILES string of the molecule is CCCN(CCC)C1=Cc2cc(OC)c(OC)cc2C1. The summed E-state index contributed by atoms with van der Waals surface area (Å²) in [5.41, 5.74) is 4.00. The largest absolute Gasteiger partial charge is 0.493 e. The van der Waals surface area contributed by atoms with Gasteiger partial charge in [0.2, 0.25) is 0 Å². The van der Waals surface area contributed by atoms with Crippen LogP contribution in [0.2, 0.25) is 0 Å². The molecular formula is C17H25NO2. The third-order valence-corrected chi connectivity index (χ3v) is 3.73. The summed E-state index contributed by atoms with van der Waals surface area (Å²) in [6.45, 7) is 6.72.